The van der Waals surface area contributed by atoms with Crippen molar-refractivity contribution in [1.82, 2.24) is 0 Å². The van der Waals surface area contributed by atoms with Gasteiger partial charge in [0.2, 0.25) is 5.91 Å². The van der Waals surface area contributed by atoms with Crippen molar-refractivity contribution >= 4 is 17.3 Å². The molecule has 0 aromatic heterocycles. The second-order valence-corrected chi connectivity index (χ2v) is 5.81. The van der Waals surface area contributed by atoms with Crippen LogP contribution in [-0.4, -0.2) is 26.7 Å². The maximum Gasteiger partial charge on any atom is 0.223 e. The highest BCUT2D eigenvalue weighted by molar-refractivity contribution is 5.94. The third-order valence-electron chi connectivity index (χ3n) is 4.30. The Bertz CT molecular complexity index is 758. The smallest absolute Gasteiger partial charge is 0.223 e. The zero-order valence-corrected chi connectivity index (χ0v) is 14.3. The predicted octanol–water partition coefficient (Wildman–Crippen LogP) is 3.22. The quantitative estimate of drug-likeness (QED) is 0.916. The van der Waals surface area contributed by atoms with E-state index in [1.807, 2.05) is 35.2 Å². The minimum Gasteiger partial charge on any atom is -0.493 e. The Morgan fingerprint density at radius 3 is 2.62 bits per heavy atom. The van der Waals surface area contributed by atoms with Gasteiger partial charge in [-0.15, -0.1) is 0 Å². The monoisotopic (exact) mass is 326 g/mol. The SMILES string of the molecule is COc1ccc(CNc2ccc3c(c2)CCN3C(C)=O)cc1OC. The van der Waals surface area contributed by atoms with E-state index in [1.54, 1.807) is 21.1 Å². The van der Waals surface area contributed by atoms with Crippen molar-refractivity contribution in [2.45, 2.75) is 19.9 Å². The van der Waals surface area contributed by atoms with Crippen LogP contribution in [0.25, 0.3) is 0 Å². The number of hydrogen-bond acceptors (Lipinski definition) is 4. The first kappa shape index (κ1) is 16.2. The number of methoxy groups -OCH3 is 2. The molecular weight excluding hydrogens is 304 g/mol. The molecule has 0 unspecified atom stereocenters. The molecule has 1 heterocycles. The molecule has 1 N–H and O–H groups in total. The fourth-order valence-electron chi connectivity index (χ4n) is 3.03. The summed E-state index contributed by atoms with van der Waals surface area (Å²) in [5.41, 5.74) is 4.40. The van der Waals surface area contributed by atoms with Crippen LogP contribution in [0.3, 0.4) is 0 Å². The number of fused-ring (bicyclic) bond motifs is 1. The summed E-state index contributed by atoms with van der Waals surface area (Å²) in [6.45, 7) is 3.07. The Morgan fingerprint density at radius 1 is 1.12 bits per heavy atom. The number of benzene rings is 2. The van der Waals surface area contributed by atoms with Crippen LogP contribution in [-0.2, 0) is 17.8 Å². The highest BCUT2D eigenvalue weighted by Gasteiger charge is 2.21. The molecule has 0 bridgehead atoms. The number of carbonyl (C=O) groups excluding carboxylic acids is 1. The molecule has 5 heteroatoms. The molecule has 1 amide bonds. The molecule has 3 rings (SSSR count). The lowest BCUT2D eigenvalue weighted by Crippen LogP contribution is -2.25. The van der Waals surface area contributed by atoms with Crippen LogP contribution in [0.1, 0.15) is 18.1 Å². The van der Waals surface area contributed by atoms with Gasteiger partial charge in [-0.3, -0.25) is 4.79 Å². The molecule has 0 atom stereocenters. The van der Waals surface area contributed by atoms with Crippen LogP contribution in [0.5, 0.6) is 11.5 Å². The summed E-state index contributed by atoms with van der Waals surface area (Å²) in [7, 11) is 3.26. The molecule has 2 aromatic carbocycles. The predicted molar refractivity (Wildman–Crippen MR) is 95.0 cm³/mol. The number of hydrogen-bond donors (Lipinski definition) is 1. The van der Waals surface area contributed by atoms with E-state index in [0.29, 0.717) is 6.54 Å². The van der Waals surface area contributed by atoms with E-state index in [2.05, 4.69) is 11.4 Å². The summed E-state index contributed by atoms with van der Waals surface area (Å²) in [4.78, 5) is 13.4. The van der Waals surface area contributed by atoms with Gasteiger partial charge < -0.3 is 19.7 Å². The van der Waals surface area contributed by atoms with Crippen LogP contribution in [0.15, 0.2) is 36.4 Å². The minimum atomic E-state index is 0.0970. The summed E-state index contributed by atoms with van der Waals surface area (Å²) in [6.07, 6.45) is 0.904. The van der Waals surface area contributed by atoms with Crippen molar-refractivity contribution < 1.29 is 14.3 Å². The van der Waals surface area contributed by atoms with E-state index in [0.717, 1.165) is 41.4 Å². The first-order valence-corrected chi connectivity index (χ1v) is 7.98. The fourth-order valence-corrected chi connectivity index (χ4v) is 3.03. The van der Waals surface area contributed by atoms with Gasteiger partial charge in [0, 0.05) is 31.4 Å². The molecule has 2 aromatic rings. The Morgan fingerprint density at radius 2 is 1.92 bits per heavy atom. The zero-order valence-electron chi connectivity index (χ0n) is 14.3. The van der Waals surface area contributed by atoms with Crippen LogP contribution < -0.4 is 19.7 Å². The number of amides is 1. The lowest BCUT2D eigenvalue weighted by Gasteiger charge is -2.15. The van der Waals surface area contributed by atoms with Gasteiger partial charge in [0.15, 0.2) is 11.5 Å². The van der Waals surface area contributed by atoms with E-state index >= 15 is 0 Å². The molecule has 1 aliphatic heterocycles. The Balaban J connectivity index is 1.71. The lowest BCUT2D eigenvalue weighted by molar-refractivity contribution is -0.116. The summed E-state index contributed by atoms with van der Waals surface area (Å²) in [5, 5.41) is 3.42. The summed E-state index contributed by atoms with van der Waals surface area (Å²) >= 11 is 0. The van der Waals surface area contributed by atoms with Crippen LogP contribution in [0.2, 0.25) is 0 Å². The molecule has 1 aliphatic rings. The number of anilines is 2. The highest BCUT2D eigenvalue weighted by Crippen LogP contribution is 2.31. The number of nitrogens with zero attached hydrogens (tertiary/aromatic N) is 1. The first-order chi connectivity index (χ1) is 11.6. The molecule has 0 aliphatic carbocycles. The summed E-state index contributed by atoms with van der Waals surface area (Å²) in [5.74, 6) is 1.55. The van der Waals surface area contributed by atoms with Crippen molar-refractivity contribution in [3.05, 3.63) is 47.5 Å². The van der Waals surface area contributed by atoms with Gasteiger partial charge in [0.25, 0.3) is 0 Å². The largest absolute Gasteiger partial charge is 0.493 e. The van der Waals surface area contributed by atoms with E-state index in [9.17, 15) is 4.79 Å². The average molecular weight is 326 g/mol. The average Bonchev–Trinajstić information content (AvgIpc) is 3.03. The molecule has 126 valence electrons. The van der Waals surface area contributed by atoms with Gasteiger partial charge in [-0.05, 0) is 47.9 Å². The second kappa shape index (κ2) is 6.83. The highest BCUT2D eigenvalue weighted by atomic mass is 16.5. The van der Waals surface area contributed by atoms with Crippen LogP contribution >= 0.6 is 0 Å². The number of ether oxygens (including phenoxy) is 2. The molecule has 5 nitrogen and oxygen atoms in total. The maximum absolute atomic E-state index is 11.6. The normalized spacial score (nSPS) is 12.7. The van der Waals surface area contributed by atoms with E-state index in [4.69, 9.17) is 9.47 Å². The summed E-state index contributed by atoms with van der Waals surface area (Å²) < 4.78 is 10.6. The first-order valence-electron chi connectivity index (χ1n) is 7.98. The van der Waals surface area contributed by atoms with Gasteiger partial charge in [0.05, 0.1) is 14.2 Å². The zero-order chi connectivity index (χ0) is 17.1. The molecule has 0 radical (unpaired) electrons. The maximum atomic E-state index is 11.6. The lowest BCUT2D eigenvalue weighted by atomic mass is 10.1. The second-order valence-electron chi connectivity index (χ2n) is 5.81. The van der Waals surface area contributed by atoms with Crippen LogP contribution in [0.4, 0.5) is 11.4 Å². The van der Waals surface area contributed by atoms with Crippen molar-refractivity contribution in [2.24, 2.45) is 0 Å². The molecule has 0 saturated carbocycles. The van der Waals surface area contributed by atoms with E-state index in [1.165, 1.54) is 5.56 Å². The van der Waals surface area contributed by atoms with Crippen molar-refractivity contribution in [2.75, 3.05) is 31.0 Å². The van der Waals surface area contributed by atoms with Gasteiger partial charge in [-0.25, -0.2) is 0 Å². The fraction of sp³-hybridized carbons (Fsp3) is 0.316. The molecular formula is C19H22N2O3. The number of carbonyl (C=O) groups is 1. The Kier molecular flexibility index (Phi) is 4.60. The number of rotatable bonds is 5. The van der Waals surface area contributed by atoms with E-state index in [-0.39, 0.29) is 5.91 Å². The topological polar surface area (TPSA) is 50.8 Å². The molecule has 0 spiro atoms. The third kappa shape index (κ3) is 3.15. The molecule has 0 fully saturated rings. The molecule has 0 saturated heterocycles. The molecule has 24 heavy (non-hydrogen) atoms. The summed E-state index contributed by atoms with van der Waals surface area (Å²) in [6, 6.07) is 12.0. The van der Waals surface area contributed by atoms with Gasteiger partial charge in [-0.2, -0.15) is 0 Å². The van der Waals surface area contributed by atoms with Gasteiger partial charge >= 0.3 is 0 Å². The van der Waals surface area contributed by atoms with Crippen LogP contribution in [0, 0.1) is 0 Å². The van der Waals surface area contributed by atoms with E-state index < -0.39 is 0 Å². The minimum absolute atomic E-state index is 0.0970. The van der Waals surface area contributed by atoms with Crippen molar-refractivity contribution in [3.8, 4) is 11.5 Å². The van der Waals surface area contributed by atoms with Gasteiger partial charge in [-0.1, -0.05) is 6.07 Å². The Labute approximate surface area is 142 Å². The standard InChI is InChI=1S/C19H22N2O3/c1-13(22)21-9-8-15-11-16(5-6-17(15)21)20-12-14-4-7-18(23-2)19(10-14)24-3/h4-7,10-11,20H,8-9,12H2,1-3H3. The number of nitrogens with one attached hydrogen (secondary N) is 1. The van der Waals surface area contributed by atoms with Crippen molar-refractivity contribution in [3.63, 3.8) is 0 Å². The third-order valence-corrected chi connectivity index (χ3v) is 4.30. The van der Waals surface area contributed by atoms with Gasteiger partial charge in [0.1, 0.15) is 0 Å². The van der Waals surface area contributed by atoms with Crippen molar-refractivity contribution in [1.29, 1.82) is 0 Å². The Hall–Kier alpha value is -2.69.